The number of aromatic amines is 2. The van der Waals surface area contributed by atoms with Gasteiger partial charge in [0, 0.05) is 125 Å². The predicted octanol–water partition coefficient (Wildman–Crippen LogP) is -2.26. The molecule has 0 aliphatic carbocycles. The molecule has 3 aromatic heterocycles. The van der Waals surface area contributed by atoms with Crippen LogP contribution in [0.2, 0.25) is 0 Å². The number of phenolic OH excluding ortho intramolecular Hbond substituents is 1. The Kier molecular flexibility index (Phi) is 40.0. The van der Waals surface area contributed by atoms with E-state index in [2.05, 4.69) is 73.4 Å². The zero-order chi connectivity index (χ0) is 100. The molecular weight excluding hydrogens is 1790 g/mol. The van der Waals surface area contributed by atoms with Gasteiger partial charge in [0.05, 0.1) is 31.4 Å². The second-order valence-corrected chi connectivity index (χ2v) is 36.3. The Labute approximate surface area is 796 Å². The highest BCUT2D eigenvalue weighted by Gasteiger charge is 2.47. The van der Waals surface area contributed by atoms with Crippen LogP contribution < -0.4 is 75.7 Å². The van der Waals surface area contributed by atoms with E-state index in [9.17, 15) is 58.5 Å². The molecule has 0 unspecified atom stereocenters. The summed E-state index contributed by atoms with van der Waals surface area (Å²) in [7, 11) is 3.90. The number of thioether (sulfide) groups is 1. The molecule has 9 rings (SSSR count). The normalized spacial score (nSPS) is 24.5. The van der Waals surface area contributed by atoms with Gasteiger partial charge in [0.15, 0.2) is 5.96 Å². The smallest absolute Gasteiger partial charge is 0.246 e. The van der Waals surface area contributed by atoms with Crippen LogP contribution in [-0.2, 0) is 107 Å². The summed E-state index contributed by atoms with van der Waals surface area (Å²) in [4.78, 5) is 267. The Balaban J connectivity index is 1.11. The number of rotatable bonds is 26. The third-order valence-corrected chi connectivity index (χ3v) is 25.5. The number of fused-ring (bicyclic) bond motifs is 4. The number of carbonyl (C=O) groups excluding carboxylic acids is 17. The lowest BCUT2D eigenvalue weighted by Crippen LogP contribution is -2.62. The summed E-state index contributed by atoms with van der Waals surface area (Å²) in [6.45, 7) is 6.02. The standard InChI is InChI=1S/C93H129N23O20S/c1-9-11-26-72-85(129)104-63(25-18-34-99-93(96)97)81(125)111-71(80(124)102-46-77(95)121)49-137-50-78(122)103-67(37-53-29-31-57(118)32-30-53)88(132)112(6)52(5)79(123)107-69(42-76(94)120)90(134)115-35-19-28-73(115)86(130)105-64(38-54-20-17-33-98-43-54)82(126)108-66(36-51(3)4)91(135)116-47-58(119)41-75(116)87(131)106-65(39-55-44-100-61-23-15-13-21-59(55)61)83(127)110-70(48-117)84(128)109-68(40-56-45-101-62-24-16-14-22-60(56)62)89(133)114(8)74(27-12-10-2)92(136)113(72)7/h13-17,20-24,29-33,43-45,51-52,58,63-75,100-101,117-119H,9-12,18-19,25-28,34-42,46-50H2,1-8H3,(H2,94,120)(H2,95,121)(H,102,124)(H,103,122)(H,104,129)(H,105,130)(H,106,131)(H,107,123)(H,108,126)(H,109,128)(H,110,127)(H,111,125)(H4,96,97,99)/t52-,58+,63-,64-,65-,66-,67-,68-,69-,70-,71-,72-,73-,74-,75-/m0/s1. The summed E-state index contributed by atoms with van der Waals surface area (Å²) in [6, 6.07) is 0.939. The van der Waals surface area contributed by atoms with Gasteiger partial charge in [-0.3, -0.25) is 91.9 Å². The summed E-state index contributed by atoms with van der Waals surface area (Å²) >= 11 is 0.761. The lowest BCUT2D eigenvalue weighted by atomic mass is 10.00. The number of likely N-dealkylation sites (N-methyl/N-ethyl adjacent to an activating group) is 3. The topological polar surface area (TPSA) is 646 Å². The van der Waals surface area contributed by atoms with Crippen molar-refractivity contribution in [2.75, 3.05) is 65.4 Å². The van der Waals surface area contributed by atoms with Crippen molar-refractivity contribution in [2.24, 2.45) is 23.1 Å². The van der Waals surface area contributed by atoms with Gasteiger partial charge in [0.2, 0.25) is 100 Å². The number of unbranched alkanes of at least 4 members (excludes halogenated alkanes) is 2. The van der Waals surface area contributed by atoms with Gasteiger partial charge >= 0.3 is 0 Å². The molecule has 44 heteroatoms. The number of benzene rings is 3. The van der Waals surface area contributed by atoms with Gasteiger partial charge < -0.3 is 125 Å². The van der Waals surface area contributed by atoms with E-state index in [1.54, 1.807) is 86.9 Å². The highest BCUT2D eigenvalue weighted by Crippen LogP contribution is 2.28. The van der Waals surface area contributed by atoms with Crippen LogP contribution in [0.25, 0.3) is 21.8 Å². The van der Waals surface area contributed by atoms with Crippen molar-refractivity contribution in [1.82, 2.24) is 97.9 Å². The number of aliphatic hydroxyl groups excluding tert-OH is 2. The van der Waals surface area contributed by atoms with E-state index in [0.717, 1.165) is 36.3 Å². The molecular formula is C93H129N23O20S. The largest absolute Gasteiger partial charge is 0.508 e. The minimum absolute atomic E-state index is 0.0130. The number of pyridine rings is 1. The molecule has 742 valence electrons. The van der Waals surface area contributed by atoms with E-state index in [4.69, 9.17) is 22.6 Å². The predicted molar refractivity (Wildman–Crippen MR) is 505 cm³/mol. The molecule has 6 aromatic rings. The maximum Gasteiger partial charge on any atom is 0.246 e. The molecule has 0 saturated carbocycles. The molecule has 6 heterocycles. The Morgan fingerprint density at radius 3 is 1.67 bits per heavy atom. The molecule has 3 saturated heterocycles. The Hall–Kier alpha value is -13.8. The molecule has 17 amide bonds. The van der Waals surface area contributed by atoms with Crippen molar-refractivity contribution >= 4 is 140 Å². The first kappa shape index (κ1) is 107. The number of hydrogen-bond donors (Lipinski definition) is 20. The van der Waals surface area contributed by atoms with Crippen LogP contribution in [0.3, 0.4) is 0 Å². The van der Waals surface area contributed by atoms with E-state index in [-0.39, 0.29) is 95.4 Å². The molecule has 3 fully saturated rings. The van der Waals surface area contributed by atoms with Gasteiger partial charge in [-0.25, -0.2) is 0 Å². The highest BCUT2D eigenvalue weighted by atomic mass is 32.2. The van der Waals surface area contributed by atoms with Crippen molar-refractivity contribution < 1.29 is 96.8 Å². The number of guanidine groups is 1. The van der Waals surface area contributed by atoms with Crippen molar-refractivity contribution in [3.8, 4) is 5.75 Å². The molecule has 3 aromatic carbocycles. The fraction of sp³-hybridized carbons (Fsp3) is 0.516. The number of aromatic hydroxyl groups is 1. The fourth-order valence-corrected chi connectivity index (χ4v) is 17.8. The van der Waals surface area contributed by atoms with E-state index in [1.165, 1.54) is 64.7 Å². The Morgan fingerprint density at radius 2 is 1.07 bits per heavy atom. The van der Waals surface area contributed by atoms with Crippen molar-refractivity contribution in [3.63, 3.8) is 0 Å². The van der Waals surface area contributed by atoms with Crippen molar-refractivity contribution in [1.29, 1.82) is 5.41 Å². The Bertz CT molecular complexity index is 5290. The van der Waals surface area contributed by atoms with Gasteiger partial charge in [0.25, 0.3) is 0 Å². The van der Waals surface area contributed by atoms with E-state index < -0.39 is 241 Å². The summed E-state index contributed by atoms with van der Waals surface area (Å²) in [5.74, 6) is -18.0. The maximum absolute atomic E-state index is 15.8. The van der Waals surface area contributed by atoms with Crippen molar-refractivity contribution in [3.05, 3.63) is 132 Å². The number of primary amides is 2. The summed E-state index contributed by atoms with van der Waals surface area (Å²) in [5.41, 5.74) is 19.9. The Morgan fingerprint density at radius 1 is 0.540 bits per heavy atom. The molecule has 0 radical (unpaired) electrons. The number of nitrogens with two attached hydrogens (primary N) is 3. The third kappa shape index (κ3) is 30.1. The summed E-state index contributed by atoms with van der Waals surface area (Å²) in [5, 5.41) is 71.3. The molecule has 137 heavy (non-hydrogen) atoms. The number of aliphatic hydroxyl groups is 2. The molecule has 3 aliphatic heterocycles. The minimum Gasteiger partial charge on any atom is -0.508 e. The number of hydrogen-bond acceptors (Lipinski definition) is 23. The third-order valence-electron chi connectivity index (χ3n) is 24.5. The lowest BCUT2D eigenvalue weighted by Gasteiger charge is -2.36. The number of carbonyl (C=O) groups is 17. The monoisotopic (exact) mass is 1920 g/mol. The van der Waals surface area contributed by atoms with Crippen molar-refractivity contribution in [2.45, 2.75) is 234 Å². The van der Waals surface area contributed by atoms with Gasteiger partial charge in [-0.1, -0.05) is 108 Å². The second kappa shape index (κ2) is 51.2. The first-order valence-electron chi connectivity index (χ1n) is 46.0. The molecule has 0 spiro atoms. The highest BCUT2D eigenvalue weighted by molar-refractivity contribution is 8.00. The SMILES string of the molecule is CCCC[C@H]1C(=O)N(C)[C@@H](CCCC)C(=O)N[C@@H](CCCNC(=N)N)C(=O)N[C@H](C(=O)NCC(N)=O)CSCC(=O)N[C@@H](Cc2ccc(O)cc2)C(=O)N(C)[C@@H](C)C(=O)N[C@@H](CC(N)=O)C(=O)N2CCC[C@H]2C(=O)N[C@@H](Cc2cccnc2)C(=O)N[C@@H](CC(C)C)C(=O)N2C[C@H](O)C[C@H]2C(=O)N[C@@H](Cc2c[nH]c3ccccc23)C(=O)N[C@@H](CO)C(=O)N[C@@H](Cc2c[nH]c3ccccc23)C(=O)N1C. The average Bonchev–Trinajstić information content (AvgIpc) is 1.67. The van der Waals surface area contributed by atoms with Gasteiger partial charge in [-0.15, -0.1) is 11.8 Å². The summed E-state index contributed by atoms with van der Waals surface area (Å²) < 4.78 is 0. The fourth-order valence-electron chi connectivity index (χ4n) is 16.9. The van der Waals surface area contributed by atoms with Crippen LogP contribution in [0, 0.1) is 11.3 Å². The number of nitrogens with zero attached hydrogens (tertiary/aromatic N) is 6. The minimum atomic E-state index is -1.90. The number of aromatic nitrogens is 3. The average molecular weight is 1920 g/mol. The zero-order valence-electron chi connectivity index (χ0n) is 78.2. The summed E-state index contributed by atoms with van der Waals surface area (Å²) in [6.07, 6.45) is 3.89. The molecule has 3 aliphatic rings. The van der Waals surface area contributed by atoms with E-state index in [1.807, 2.05) is 13.8 Å². The van der Waals surface area contributed by atoms with Crippen LogP contribution in [0.1, 0.15) is 140 Å². The van der Waals surface area contributed by atoms with E-state index >= 15 is 38.4 Å². The number of phenols is 1. The zero-order valence-corrected chi connectivity index (χ0v) is 79.0. The first-order chi connectivity index (χ1) is 65.3. The number of H-pyrrole nitrogens is 2. The molecule has 43 nitrogen and oxygen atoms in total. The maximum atomic E-state index is 15.8. The molecule has 15 atom stereocenters. The van der Waals surface area contributed by atoms with Gasteiger partial charge in [-0.05, 0) is 110 Å². The van der Waals surface area contributed by atoms with Crippen LogP contribution in [0.5, 0.6) is 5.75 Å². The van der Waals surface area contributed by atoms with Gasteiger partial charge in [-0.2, -0.15) is 0 Å². The number of para-hydroxylation sites is 2. The molecule has 0 bridgehead atoms. The van der Waals surface area contributed by atoms with E-state index in [0.29, 0.717) is 69.7 Å². The molecule has 23 N–H and O–H groups in total. The van der Waals surface area contributed by atoms with Crippen LogP contribution in [-0.4, -0.2) is 317 Å². The van der Waals surface area contributed by atoms with Crippen LogP contribution >= 0.6 is 11.8 Å². The van der Waals surface area contributed by atoms with Crippen LogP contribution in [0.15, 0.2) is 110 Å². The lowest BCUT2D eigenvalue weighted by molar-refractivity contribution is -0.149. The second-order valence-electron chi connectivity index (χ2n) is 35.3. The van der Waals surface area contributed by atoms with Crippen LogP contribution in [0.4, 0.5) is 0 Å². The number of nitrogens with one attached hydrogen (secondary N) is 14. The number of amides is 17. The first-order valence-corrected chi connectivity index (χ1v) is 47.1. The quantitative estimate of drug-likeness (QED) is 0.0155. The van der Waals surface area contributed by atoms with Gasteiger partial charge in [0.1, 0.15) is 90.3 Å².